The Hall–Kier alpha value is -0.410. The quantitative estimate of drug-likeness (QED) is 0.516. The molecule has 3 heteroatoms. The Morgan fingerprint density at radius 3 is 2.70 bits per heavy atom. The van der Waals surface area contributed by atoms with Crippen molar-refractivity contribution in [1.29, 1.82) is 0 Å². The van der Waals surface area contributed by atoms with Crippen LogP contribution in [0, 0.1) is 0 Å². The minimum absolute atomic E-state index is 0.315. The highest BCUT2D eigenvalue weighted by atomic mass is 16.5. The van der Waals surface area contributed by atoms with E-state index in [0.717, 1.165) is 6.29 Å². The van der Waals surface area contributed by atoms with E-state index in [9.17, 15) is 4.79 Å². The predicted molar refractivity (Wildman–Crippen MR) is 40.0 cm³/mol. The molecule has 0 aromatic carbocycles. The number of likely N-dealkylation sites (N-methyl/N-ethyl adjacent to an activating group) is 1. The molecule has 0 saturated heterocycles. The van der Waals surface area contributed by atoms with E-state index >= 15 is 0 Å². The highest BCUT2D eigenvalue weighted by Crippen LogP contribution is 1.92. The average molecular weight is 145 g/mol. The maximum Gasteiger partial charge on any atom is 0.133 e. The fourth-order valence-corrected chi connectivity index (χ4v) is 0.666. The van der Waals surface area contributed by atoms with E-state index in [1.165, 1.54) is 0 Å². The molecule has 0 heterocycles. The topological polar surface area (TPSA) is 29.5 Å². The van der Waals surface area contributed by atoms with Crippen molar-refractivity contribution in [2.45, 2.75) is 13.0 Å². The zero-order valence-electron chi connectivity index (χ0n) is 6.83. The molecule has 0 aromatic heterocycles. The number of nitrogens with zero attached hydrogens (tertiary/aromatic N) is 1. The van der Waals surface area contributed by atoms with E-state index in [4.69, 9.17) is 4.74 Å². The summed E-state index contributed by atoms with van der Waals surface area (Å²) < 4.78 is 4.91. The first kappa shape index (κ1) is 9.59. The molecule has 1 atom stereocenters. The van der Waals surface area contributed by atoms with Gasteiger partial charge in [-0.25, -0.2) is 0 Å². The predicted octanol–water partition coefficient (Wildman–Crippen LogP) is 0.152. The maximum absolute atomic E-state index is 10.0. The van der Waals surface area contributed by atoms with Crippen molar-refractivity contribution < 1.29 is 9.53 Å². The minimum Gasteiger partial charge on any atom is -0.383 e. The van der Waals surface area contributed by atoms with Gasteiger partial charge in [-0.3, -0.25) is 4.90 Å². The van der Waals surface area contributed by atoms with Crippen LogP contribution in [0.2, 0.25) is 0 Å². The van der Waals surface area contributed by atoms with Crippen LogP contribution in [0.5, 0.6) is 0 Å². The van der Waals surface area contributed by atoms with Crippen LogP contribution in [-0.4, -0.2) is 44.5 Å². The van der Waals surface area contributed by atoms with Crippen molar-refractivity contribution in [2.75, 3.05) is 27.3 Å². The lowest BCUT2D eigenvalue weighted by Crippen LogP contribution is -2.33. The van der Waals surface area contributed by atoms with E-state index in [1.807, 2.05) is 18.9 Å². The molecule has 10 heavy (non-hydrogen) atoms. The molecule has 0 aromatic rings. The van der Waals surface area contributed by atoms with Gasteiger partial charge in [-0.2, -0.15) is 0 Å². The third-order valence-electron chi connectivity index (χ3n) is 1.52. The second kappa shape index (κ2) is 5.38. The molecule has 0 radical (unpaired) electrons. The van der Waals surface area contributed by atoms with Gasteiger partial charge in [0.1, 0.15) is 6.29 Å². The summed E-state index contributed by atoms with van der Waals surface area (Å²) in [5.74, 6) is 0. The molecule has 1 unspecified atom stereocenters. The summed E-state index contributed by atoms with van der Waals surface area (Å²) in [4.78, 5) is 12.0. The zero-order valence-corrected chi connectivity index (χ0v) is 6.83. The number of hydrogen-bond acceptors (Lipinski definition) is 3. The molecule has 0 bridgehead atoms. The summed E-state index contributed by atoms with van der Waals surface area (Å²) in [6.45, 7) is 3.17. The molecule has 60 valence electrons. The summed E-state index contributed by atoms with van der Waals surface area (Å²) in [5, 5.41) is 0. The first-order valence-electron chi connectivity index (χ1n) is 3.35. The summed E-state index contributed by atoms with van der Waals surface area (Å²) in [6.07, 6.45) is 0.895. The fourth-order valence-electron chi connectivity index (χ4n) is 0.666. The number of ether oxygens (including phenoxy) is 1. The minimum atomic E-state index is 0.315. The van der Waals surface area contributed by atoms with Crippen molar-refractivity contribution in [1.82, 2.24) is 4.90 Å². The largest absolute Gasteiger partial charge is 0.383 e. The third-order valence-corrected chi connectivity index (χ3v) is 1.52. The standard InChI is InChI=1S/C7H15NO2/c1-7(6-10-3)8(2)4-5-9/h5,7H,4,6H2,1-3H3. The summed E-state index contributed by atoms with van der Waals surface area (Å²) in [6, 6.07) is 0.315. The molecule has 0 rings (SSSR count). The highest BCUT2D eigenvalue weighted by Gasteiger charge is 2.06. The van der Waals surface area contributed by atoms with Crippen LogP contribution in [0.1, 0.15) is 6.92 Å². The van der Waals surface area contributed by atoms with E-state index in [0.29, 0.717) is 19.2 Å². The molecule has 0 fully saturated rings. The van der Waals surface area contributed by atoms with Gasteiger partial charge in [-0.05, 0) is 14.0 Å². The molecule has 0 saturated carbocycles. The molecule has 0 amide bonds. The van der Waals surface area contributed by atoms with E-state index in [-0.39, 0.29) is 0 Å². The lowest BCUT2D eigenvalue weighted by molar-refractivity contribution is -0.109. The lowest BCUT2D eigenvalue weighted by Gasteiger charge is -2.20. The van der Waals surface area contributed by atoms with Crippen molar-refractivity contribution in [3.05, 3.63) is 0 Å². The number of methoxy groups -OCH3 is 1. The van der Waals surface area contributed by atoms with Gasteiger partial charge < -0.3 is 9.53 Å². The molecule has 0 N–H and O–H groups in total. The molecule has 0 aliphatic rings. The Labute approximate surface area is 62.0 Å². The van der Waals surface area contributed by atoms with Crippen LogP contribution in [0.4, 0.5) is 0 Å². The SMILES string of the molecule is COCC(C)N(C)CC=O. The summed E-state index contributed by atoms with van der Waals surface area (Å²) in [7, 11) is 3.56. The number of aldehydes is 1. The van der Waals surface area contributed by atoms with Gasteiger partial charge in [0.05, 0.1) is 13.2 Å². The van der Waals surface area contributed by atoms with Gasteiger partial charge in [-0.1, -0.05) is 0 Å². The van der Waals surface area contributed by atoms with E-state index in [1.54, 1.807) is 7.11 Å². The Bertz CT molecular complexity index is 95.6. The number of hydrogen-bond donors (Lipinski definition) is 0. The zero-order chi connectivity index (χ0) is 7.98. The van der Waals surface area contributed by atoms with Gasteiger partial charge in [0, 0.05) is 13.2 Å². The van der Waals surface area contributed by atoms with Crippen LogP contribution in [-0.2, 0) is 9.53 Å². The highest BCUT2D eigenvalue weighted by molar-refractivity contribution is 5.51. The Morgan fingerprint density at radius 1 is 1.70 bits per heavy atom. The van der Waals surface area contributed by atoms with Crippen molar-refractivity contribution >= 4 is 6.29 Å². The Morgan fingerprint density at radius 2 is 2.30 bits per heavy atom. The molecule has 0 aliphatic carbocycles. The van der Waals surface area contributed by atoms with Crippen molar-refractivity contribution in [3.63, 3.8) is 0 Å². The van der Waals surface area contributed by atoms with Gasteiger partial charge in [0.25, 0.3) is 0 Å². The van der Waals surface area contributed by atoms with Crippen LogP contribution < -0.4 is 0 Å². The van der Waals surface area contributed by atoms with Crippen LogP contribution in [0.15, 0.2) is 0 Å². The van der Waals surface area contributed by atoms with E-state index < -0.39 is 0 Å². The number of carbonyl (C=O) groups is 1. The molecule has 0 spiro atoms. The van der Waals surface area contributed by atoms with Crippen LogP contribution >= 0.6 is 0 Å². The first-order valence-corrected chi connectivity index (χ1v) is 3.35. The smallest absolute Gasteiger partial charge is 0.133 e. The molecular formula is C7H15NO2. The summed E-state index contributed by atoms with van der Waals surface area (Å²) >= 11 is 0. The third kappa shape index (κ3) is 3.58. The van der Waals surface area contributed by atoms with Gasteiger partial charge in [-0.15, -0.1) is 0 Å². The second-order valence-electron chi connectivity index (χ2n) is 2.41. The monoisotopic (exact) mass is 145 g/mol. The van der Waals surface area contributed by atoms with Gasteiger partial charge >= 0.3 is 0 Å². The van der Waals surface area contributed by atoms with E-state index in [2.05, 4.69) is 0 Å². The fraction of sp³-hybridized carbons (Fsp3) is 0.857. The van der Waals surface area contributed by atoms with Crippen LogP contribution in [0.3, 0.4) is 0 Å². The normalized spacial score (nSPS) is 13.6. The Balaban J connectivity index is 3.47. The van der Waals surface area contributed by atoms with Crippen LogP contribution in [0.25, 0.3) is 0 Å². The molecule has 0 aliphatic heterocycles. The number of carbonyl (C=O) groups excluding carboxylic acids is 1. The molecular weight excluding hydrogens is 130 g/mol. The summed E-state index contributed by atoms with van der Waals surface area (Å²) in [5.41, 5.74) is 0. The second-order valence-corrected chi connectivity index (χ2v) is 2.41. The number of rotatable bonds is 5. The molecule has 3 nitrogen and oxygen atoms in total. The maximum atomic E-state index is 10.0. The Kier molecular flexibility index (Phi) is 5.16. The first-order chi connectivity index (χ1) is 4.72. The lowest BCUT2D eigenvalue weighted by atomic mass is 10.3. The van der Waals surface area contributed by atoms with Crippen molar-refractivity contribution in [3.8, 4) is 0 Å². The van der Waals surface area contributed by atoms with Gasteiger partial charge in [0.2, 0.25) is 0 Å². The average Bonchev–Trinajstić information content (AvgIpc) is 1.89. The van der Waals surface area contributed by atoms with Gasteiger partial charge in [0.15, 0.2) is 0 Å². The van der Waals surface area contributed by atoms with Crippen molar-refractivity contribution in [2.24, 2.45) is 0 Å².